The molecular formula is C13H26N2O. The van der Waals surface area contributed by atoms with Crippen molar-refractivity contribution in [2.24, 2.45) is 5.92 Å². The van der Waals surface area contributed by atoms with Crippen LogP contribution < -0.4 is 5.32 Å². The summed E-state index contributed by atoms with van der Waals surface area (Å²) in [5, 5.41) is 3.68. The summed E-state index contributed by atoms with van der Waals surface area (Å²) in [6.45, 7) is 8.87. The normalized spacial score (nSPS) is 31.1. The lowest BCUT2D eigenvalue weighted by atomic mass is 9.79. The van der Waals surface area contributed by atoms with E-state index >= 15 is 0 Å². The minimum absolute atomic E-state index is 0.134. The molecule has 0 aromatic heterocycles. The highest BCUT2D eigenvalue weighted by atomic mass is 16.5. The molecular weight excluding hydrogens is 200 g/mol. The molecule has 2 fully saturated rings. The molecule has 94 valence electrons. The summed E-state index contributed by atoms with van der Waals surface area (Å²) in [6.07, 6.45) is 3.62. The van der Waals surface area contributed by atoms with Gasteiger partial charge >= 0.3 is 0 Å². The van der Waals surface area contributed by atoms with Crippen molar-refractivity contribution in [3.05, 3.63) is 0 Å². The Labute approximate surface area is 99.5 Å². The van der Waals surface area contributed by atoms with Crippen LogP contribution in [-0.4, -0.2) is 49.8 Å². The fraction of sp³-hybridized carbons (Fsp3) is 1.00. The summed E-state index contributed by atoms with van der Waals surface area (Å²) < 4.78 is 6.18. The van der Waals surface area contributed by atoms with E-state index in [2.05, 4.69) is 31.1 Å². The first-order valence-corrected chi connectivity index (χ1v) is 6.68. The van der Waals surface area contributed by atoms with Crippen LogP contribution in [0.4, 0.5) is 0 Å². The predicted octanol–water partition coefficient (Wildman–Crippen LogP) is 1.49. The zero-order valence-electron chi connectivity index (χ0n) is 11.0. The maximum atomic E-state index is 6.18. The smallest absolute Gasteiger partial charge is 0.0859 e. The molecule has 2 saturated heterocycles. The van der Waals surface area contributed by atoms with Crippen LogP contribution in [-0.2, 0) is 4.74 Å². The van der Waals surface area contributed by atoms with Crippen LogP contribution >= 0.6 is 0 Å². The predicted molar refractivity (Wildman–Crippen MR) is 66.7 cm³/mol. The lowest BCUT2D eigenvalue weighted by molar-refractivity contribution is -0.129. The summed E-state index contributed by atoms with van der Waals surface area (Å²) in [5.74, 6) is 0.746. The summed E-state index contributed by atoms with van der Waals surface area (Å²) >= 11 is 0. The van der Waals surface area contributed by atoms with Crippen molar-refractivity contribution in [3.8, 4) is 0 Å². The van der Waals surface area contributed by atoms with Crippen molar-refractivity contribution in [1.29, 1.82) is 0 Å². The third-order valence-corrected chi connectivity index (χ3v) is 4.06. The first kappa shape index (κ1) is 12.3. The van der Waals surface area contributed by atoms with Crippen molar-refractivity contribution in [3.63, 3.8) is 0 Å². The number of morpholine rings is 1. The Morgan fingerprint density at radius 1 is 1.38 bits per heavy atom. The van der Waals surface area contributed by atoms with Crippen molar-refractivity contribution in [1.82, 2.24) is 10.2 Å². The molecule has 0 saturated carbocycles. The molecule has 2 aliphatic heterocycles. The molecule has 1 spiro atoms. The molecule has 1 atom stereocenters. The van der Waals surface area contributed by atoms with Crippen LogP contribution in [0.25, 0.3) is 0 Å². The highest BCUT2D eigenvalue weighted by molar-refractivity contribution is 4.99. The molecule has 2 heterocycles. The van der Waals surface area contributed by atoms with Gasteiger partial charge in [-0.25, -0.2) is 0 Å². The van der Waals surface area contributed by atoms with Crippen LogP contribution in [0.15, 0.2) is 0 Å². The molecule has 3 heteroatoms. The fourth-order valence-electron chi connectivity index (χ4n) is 3.03. The van der Waals surface area contributed by atoms with Crippen molar-refractivity contribution in [2.45, 2.75) is 44.8 Å². The summed E-state index contributed by atoms with van der Waals surface area (Å²) in [7, 11) is 2.21. The van der Waals surface area contributed by atoms with Gasteiger partial charge in [0.05, 0.1) is 12.2 Å². The number of rotatable bonds is 2. The van der Waals surface area contributed by atoms with Gasteiger partial charge in [0, 0.05) is 25.7 Å². The highest BCUT2D eigenvalue weighted by Gasteiger charge is 2.43. The number of ether oxygens (including phenoxy) is 1. The standard InChI is InChI=1S/C13H26N2O/c1-11(2)10-12-13(16-9-6-14-12)4-7-15(3)8-5-13/h11-12,14H,4-10H2,1-3H3. The van der Waals surface area contributed by atoms with E-state index in [1.165, 1.54) is 32.4 Å². The van der Waals surface area contributed by atoms with Crippen LogP contribution in [0.5, 0.6) is 0 Å². The van der Waals surface area contributed by atoms with E-state index in [-0.39, 0.29) is 5.60 Å². The monoisotopic (exact) mass is 226 g/mol. The lowest BCUT2D eigenvalue weighted by Crippen LogP contribution is -2.62. The van der Waals surface area contributed by atoms with Crippen LogP contribution in [0, 0.1) is 5.92 Å². The SMILES string of the molecule is CC(C)CC1NCCOC12CCN(C)CC2. The van der Waals surface area contributed by atoms with Crippen molar-refractivity contribution in [2.75, 3.05) is 33.3 Å². The van der Waals surface area contributed by atoms with E-state index < -0.39 is 0 Å². The first-order chi connectivity index (χ1) is 7.62. The van der Waals surface area contributed by atoms with Gasteiger partial charge in [0.25, 0.3) is 0 Å². The fourth-order valence-corrected chi connectivity index (χ4v) is 3.03. The Balaban J connectivity index is 2.02. The van der Waals surface area contributed by atoms with Gasteiger partial charge < -0.3 is 15.0 Å². The maximum absolute atomic E-state index is 6.18. The van der Waals surface area contributed by atoms with E-state index in [0.29, 0.717) is 6.04 Å². The maximum Gasteiger partial charge on any atom is 0.0859 e. The Kier molecular flexibility index (Phi) is 3.88. The Morgan fingerprint density at radius 2 is 2.06 bits per heavy atom. The minimum Gasteiger partial charge on any atom is -0.372 e. The lowest BCUT2D eigenvalue weighted by Gasteiger charge is -2.49. The third-order valence-electron chi connectivity index (χ3n) is 4.06. The van der Waals surface area contributed by atoms with Gasteiger partial charge in [-0.1, -0.05) is 13.8 Å². The molecule has 0 amide bonds. The zero-order chi connectivity index (χ0) is 11.6. The number of piperidine rings is 1. The van der Waals surface area contributed by atoms with E-state index in [1.807, 2.05) is 0 Å². The second kappa shape index (κ2) is 5.03. The minimum atomic E-state index is 0.134. The second-order valence-electron chi connectivity index (χ2n) is 5.85. The Hall–Kier alpha value is -0.120. The van der Waals surface area contributed by atoms with Gasteiger partial charge in [-0.2, -0.15) is 0 Å². The number of nitrogens with zero attached hydrogens (tertiary/aromatic N) is 1. The average molecular weight is 226 g/mol. The number of hydrogen-bond acceptors (Lipinski definition) is 3. The topological polar surface area (TPSA) is 24.5 Å². The number of nitrogens with one attached hydrogen (secondary N) is 1. The molecule has 1 N–H and O–H groups in total. The second-order valence-corrected chi connectivity index (χ2v) is 5.85. The van der Waals surface area contributed by atoms with Gasteiger partial charge in [-0.15, -0.1) is 0 Å². The van der Waals surface area contributed by atoms with E-state index in [0.717, 1.165) is 19.1 Å². The zero-order valence-corrected chi connectivity index (χ0v) is 11.0. The van der Waals surface area contributed by atoms with Crippen LogP contribution in [0.1, 0.15) is 33.1 Å². The van der Waals surface area contributed by atoms with E-state index in [4.69, 9.17) is 4.74 Å². The number of hydrogen-bond donors (Lipinski definition) is 1. The number of likely N-dealkylation sites (tertiary alicyclic amines) is 1. The molecule has 0 bridgehead atoms. The molecule has 1 unspecified atom stereocenters. The van der Waals surface area contributed by atoms with E-state index in [9.17, 15) is 0 Å². The van der Waals surface area contributed by atoms with Gasteiger partial charge in [0.1, 0.15) is 0 Å². The summed E-state index contributed by atoms with van der Waals surface area (Å²) in [4.78, 5) is 2.41. The highest BCUT2D eigenvalue weighted by Crippen LogP contribution is 2.34. The molecule has 2 rings (SSSR count). The molecule has 0 aliphatic carbocycles. The van der Waals surface area contributed by atoms with Gasteiger partial charge in [0.15, 0.2) is 0 Å². The van der Waals surface area contributed by atoms with Crippen molar-refractivity contribution >= 4 is 0 Å². The summed E-state index contributed by atoms with van der Waals surface area (Å²) in [6, 6.07) is 0.565. The Bertz CT molecular complexity index is 222. The van der Waals surface area contributed by atoms with Crippen LogP contribution in [0.2, 0.25) is 0 Å². The van der Waals surface area contributed by atoms with Gasteiger partial charge in [0.2, 0.25) is 0 Å². The molecule has 3 nitrogen and oxygen atoms in total. The molecule has 0 aromatic rings. The van der Waals surface area contributed by atoms with Crippen molar-refractivity contribution < 1.29 is 4.74 Å². The van der Waals surface area contributed by atoms with Crippen LogP contribution in [0.3, 0.4) is 0 Å². The third kappa shape index (κ3) is 2.58. The summed E-state index contributed by atoms with van der Waals surface area (Å²) in [5.41, 5.74) is 0.134. The molecule has 16 heavy (non-hydrogen) atoms. The largest absolute Gasteiger partial charge is 0.372 e. The Morgan fingerprint density at radius 3 is 2.69 bits per heavy atom. The first-order valence-electron chi connectivity index (χ1n) is 6.68. The molecule has 0 radical (unpaired) electrons. The average Bonchev–Trinajstić information content (AvgIpc) is 2.25. The molecule has 2 aliphatic rings. The van der Waals surface area contributed by atoms with Gasteiger partial charge in [-0.05, 0) is 32.2 Å². The quantitative estimate of drug-likeness (QED) is 0.772. The van der Waals surface area contributed by atoms with E-state index in [1.54, 1.807) is 0 Å². The molecule has 0 aromatic carbocycles. The van der Waals surface area contributed by atoms with Gasteiger partial charge in [-0.3, -0.25) is 0 Å².